The molecule has 1 heterocycles. The Hall–Kier alpha value is -2.77. The molecular weight excluding hydrogens is 482 g/mol. The predicted molar refractivity (Wildman–Crippen MR) is 129 cm³/mol. The van der Waals surface area contributed by atoms with Gasteiger partial charge in [0, 0.05) is 24.4 Å². The van der Waals surface area contributed by atoms with Gasteiger partial charge in [0.05, 0.1) is 42.2 Å². The molecule has 0 spiro atoms. The zero-order valence-electron chi connectivity index (χ0n) is 20.4. The first-order valence-electron chi connectivity index (χ1n) is 10.6. The minimum absolute atomic E-state index is 0.0374. The molecule has 2 aromatic rings. The molecule has 35 heavy (non-hydrogen) atoms. The fourth-order valence-corrected chi connectivity index (χ4v) is 4.40. The monoisotopic (exact) mass is 515 g/mol. The molecule has 2 aromatic carbocycles. The Morgan fingerprint density at radius 3 is 1.89 bits per heavy atom. The minimum atomic E-state index is -4.67. The second-order valence-electron chi connectivity index (χ2n) is 7.98. The first kappa shape index (κ1) is 28.5. The highest BCUT2D eigenvalue weighted by Crippen LogP contribution is 2.46. The molecule has 2 atom stereocenters. The molecular formula is C23H33NO10S. The molecule has 0 aliphatic carbocycles. The molecule has 0 saturated carbocycles. The molecule has 1 fully saturated rings. The first-order chi connectivity index (χ1) is 16.5. The van der Waals surface area contributed by atoms with Crippen molar-refractivity contribution in [3.8, 4) is 28.7 Å². The smallest absolute Gasteiger partial charge is 0.394 e. The van der Waals surface area contributed by atoms with E-state index in [0.29, 0.717) is 41.7 Å². The molecule has 1 saturated heterocycles. The van der Waals surface area contributed by atoms with Gasteiger partial charge in [-0.05, 0) is 41.8 Å². The Kier molecular flexibility index (Phi) is 9.98. The van der Waals surface area contributed by atoms with Crippen LogP contribution >= 0.6 is 0 Å². The van der Waals surface area contributed by atoms with Crippen molar-refractivity contribution in [2.75, 3.05) is 55.2 Å². The molecule has 12 heteroatoms. The molecule has 1 aliphatic heterocycles. The largest absolute Gasteiger partial charge is 0.493 e. The van der Waals surface area contributed by atoms with Gasteiger partial charge in [0.1, 0.15) is 0 Å². The summed E-state index contributed by atoms with van der Waals surface area (Å²) in [7, 11) is 3.38. The van der Waals surface area contributed by atoms with Crippen molar-refractivity contribution in [2.45, 2.75) is 12.3 Å². The van der Waals surface area contributed by atoms with Gasteiger partial charge in [-0.3, -0.25) is 9.11 Å². The number of aliphatic hydroxyl groups excluding tert-OH is 1. The number of hydrogen-bond donors (Lipinski definition) is 4. The molecule has 0 amide bonds. The van der Waals surface area contributed by atoms with E-state index in [1.807, 2.05) is 30.3 Å². The summed E-state index contributed by atoms with van der Waals surface area (Å²) in [5.74, 6) is 3.24. The van der Waals surface area contributed by atoms with Crippen LogP contribution in [0, 0.1) is 5.41 Å². The summed E-state index contributed by atoms with van der Waals surface area (Å²) in [6, 6.07) is 9.84. The van der Waals surface area contributed by atoms with Gasteiger partial charge in [0.25, 0.3) is 0 Å². The summed E-state index contributed by atoms with van der Waals surface area (Å²) in [5.41, 5.74) is 1.72. The van der Waals surface area contributed by atoms with E-state index >= 15 is 0 Å². The zero-order chi connectivity index (χ0) is 26.2. The van der Waals surface area contributed by atoms with Gasteiger partial charge in [0.2, 0.25) is 5.75 Å². The van der Waals surface area contributed by atoms with E-state index in [1.54, 1.807) is 35.5 Å². The summed E-state index contributed by atoms with van der Waals surface area (Å²) in [6.07, 6.45) is 0.645. The Morgan fingerprint density at radius 1 is 0.886 bits per heavy atom. The van der Waals surface area contributed by atoms with E-state index in [2.05, 4.69) is 5.32 Å². The van der Waals surface area contributed by atoms with Crippen molar-refractivity contribution in [1.29, 1.82) is 0 Å². The van der Waals surface area contributed by atoms with E-state index in [1.165, 1.54) is 0 Å². The average molecular weight is 516 g/mol. The highest BCUT2D eigenvalue weighted by atomic mass is 32.3. The average Bonchev–Trinajstić information content (AvgIpc) is 3.25. The highest BCUT2D eigenvalue weighted by molar-refractivity contribution is 7.79. The lowest BCUT2D eigenvalue weighted by Gasteiger charge is -2.34. The fourth-order valence-electron chi connectivity index (χ4n) is 4.40. The van der Waals surface area contributed by atoms with E-state index in [9.17, 15) is 5.11 Å². The van der Waals surface area contributed by atoms with Gasteiger partial charge in [-0.1, -0.05) is 6.07 Å². The number of hydrogen-bond acceptors (Lipinski definition) is 9. The Balaban J connectivity index is 0.000000784. The standard InChI is InChI=1S/C23H31NO6.H2O4S/c1-26-18-7-6-16(10-19(18)27-2)17-12-24-13-23(17,14-25)11-15-8-20(28-3)22(30-5)21(9-15)29-4;1-5(2,3)4/h6-10,17,24-25H,11-14H2,1-5H3;(H2,1,2,3,4). The van der Waals surface area contributed by atoms with Gasteiger partial charge in [-0.15, -0.1) is 0 Å². The van der Waals surface area contributed by atoms with Crippen LogP contribution in [0.25, 0.3) is 0 Å². The van der Waals surface area contributed by atoms with E-state index < -0.39 is 10.4 Å². The van der Waals surface area contributed by atoms with Crippen LogP contribution in [0.2, 0.25) is 0 Å². The van der Waals surface area contributed by atoms with Crippen molar-refractivity contribution < 1.29 is 46.3 Å². The molecule has 196 valence electrons. The number of rotatable bonds is 9. The van der Waals surface area contributed by atoms with Crippen LogP contribution in [0.15, 0.2) is 30.3 Å². The summed E-state index contributed by atoms with van der Waals surface area (Å²) in [6.45, 7) is 1.50. The second kappa shape index (κ2) is 12.3. The van der Waals surface area contributed by atoms with Crippen LogP contribution in [0.5, 0.6) is 28.7 Å². The maximum Gasteiger partial charge on any atom is 0.394 e. The molecule has 0 bridgehead atoms. The molecule has 0 aromatic heterocycles. The highest BCUT2D eigenvalue weighted by Gasteiger charge is 2.43. The third-order valence-electron chi connectivity index (χ3n) is 5.97. The molecule has 0 radical (unpaired) electrons. The van der Waals surface area contributed by atoms with Gasteiger partial charge in [0.15, 0.2) is 23.0 Å². The SMILES string of the molecule is COc1ccc(C2CNCC2(CO)Cc2cc(OC)c(OC)c(OC)c2)cc1OC.O=S(=O)(O)O. The third kappa shape index (κ3) is 7.12. The predicted octanol–water partition coefficient (Wildman–Crippen LogP) is 1.99. The van der Waals surface area contributed by atoms with Crippen LogP contribution < -0.4 is 29.0 Å². The van der Waals surface area contributed by atoms with Crippen LogP contribution in [-0.2, 0) is 16.8 Å². The van der Waals surface area contributed by atoms with Gasteiger partial charge in [-0.25, -0.2) is 0 Å². The van der Waals surface area contributed by atoms with Crippen molar-refractivity contribution in [3.63, 3.8) is 0 Å². The maximum atomic E-state index is 10.5. The molecule has 3 rings (SSSR count). The fraction of sp³-hybridized carbons (Fsp3) is 0.478. The van der Waals surface area contributed by atoms with Gasteiger partial charge < -0.3 is 34.1 Å². The Morgan fingerprint density at radius 2 is 1.43 bits per heavy atom. The quantitative estimate of drug-likeness (QED) is 0.363. The topological polar surface area (TPSA) is 153 Å². The zero-order valence-corrected chi connectivity index (χ0v) is 21.2. The normalized spacial score (nSPS) is 19.4. The van der Waals surface area contributed by atoms with Crippen LogP contribution in [0.4, 0.5) is 0 Å². The summed E-state index contributed by atoms with van der Waals surface area (Å²) >= 11 is 0. The molecule has 11 nitrogen and oxygen atoms in total. The van der Waals surface area contributed by atoms with Crippen molar-refractivity contribution in [3.05, 3.63) is 41.5 Å². The lowest BCUT2D eigenvalue weighted by Crippen LogP contribution is -2.35. The summed E-state index contributed by atoms with van der Waals surface area (Å²) in [5, 5.41) is 14.0. The maximum absolute atomic E-state index is 10.5. The van der Waals surface area contributed by atoms with Crippen LogP contribution in [0.1, 0.15) is 17.0 Å². The lowest BCUT2D eigenvalue weighted by molar-refractivity contribution is 0.126. The lowest BCUT2D eigenvalue weighted by atomic mass is 9.71. The van der Waals surface area contributed by atoms with Crippen LogP contribution in [-0.4, -0.2) is 77.9 Å². The number of aliphatic hydroxyl groups is 1. The number of ether oxygens (including phenoxy) is 5. The molecule has 2 unspecified atom stereocenters. The molecule has 4 N–H and O–H groups in total. The molecule has 1 aliphatic rings. The van der Waals surface area contributed by atoms with Crippen molar-refractivity contribution >= 4 is 10.4 Å². The summed E-state index contributed by atoms with van der Waals surface area (Å²) < 4.78 is 58.9. The van der Waals surface area contributed by atoms with Gasteiger partial charge >= 0.3 is 10.4 Å². The van der Waals surface area contributed by atoms with Crippen molar-refractivity contribution in [2.24, 2.45) is 5.41 Å². The second-order valence-corrected chi connectivity index (χ2v) is 8.87. The van der Waals surface area contributed by atoms with E-state index in [-0.39, 0.29) is 17.9 Å². The number of benzene rings is 2. The minimum Gasteiger partial charge on any atom is -0.493 e. The summed E-state index contributed by atoms with van der Waals surface area (Å²) in [4.78, 5) is 0. The van der Waals surface area contributed by atoms with E-state index in [4.69, 9.17) is 41.2 Å². The Labute approximate surface area is 205 Å². The van der Waals surface area contributed by atoms with Crippen molar-refractivity contribution in [1.82, 2.24) is 5.32 Å². The Bertz CT molecular complexity index is 1060. The first-order valence-corrected chi connectivity index (χ1v) is 12.0. The van der Waals surface area contributed by atoms with Crippen LogP contribution in [0.3, 0.4) is 0 Å². The third-order valence-corrected chi connectivity index (χ3v) is 5.97. The van der Waals surface area contributed by atoms with Gasteiger partial charge in [-0.2, -0.15) is 8.42 Å². The van der Waals surface area contributed by atoms with E-state index in [0.717, 1.165) is 17.7 Å². The number of methoxy groups -OCH3 is 5. The number of nitrogens with one attached hydrogen (secondary N) is 1.